The molecule has 2 aromatic carbocycles. The van der Waals surface area contributed by atoms with Crippen LogP contribution in [0.3, 0.4) is 0 Å². The lowest BCUT2D eigenvalue weighted by molar-refractivity contribution is -0.128. The third kappa shape index (κ3) is 4.41. The minimum atomic E-state index is -0.425. The number of likely N-dealkylation sites (tertiary alicyclic amines) is 1. The molecule has 6 heteroatoms. The topological polar surface area (TPSA) is 49.4 Å². The molecule has 1 heterocycles. The Labute approximate surface area is 144 Å². The van der Waals surface area contributed by atoms with Gasteiger partial charge in [0.25, 0.3) is 0 Å². The van der Waals surface area contributed by atoms with Gasteiger partial charge in [-0.15, -0.1) is 0 Å². The van der Waals surface area contributed by atoms with Crippen LogP contribution in [0, 0.1) is 17.6 Å². The van der Waals surface area contributed by atoms with E-state index in [1.165, 1.54) is 36.4 Å². The summed E-state index contributed by atoms with van der Waals surface area (Å²) in [5.74, 6) is -1.41. The summed E-state index contributed by atoms with van der Waals surface area (Å²) < 4.78 is 25.8. The normalized spacial score (nSPS) is 17.0. The molecule has 4 nitrogen and oxygen atoms in total. The van der Waals surface area contributed by atoms with Crippen molar-refractivity contribution in [1.29, 1.82) is 0 Å². The van der Waals surface area contributed by atoms with Gasteiger partial charge in [0.2, 0.25) is 11.8 Å². The van der Waals surface area contributed by atoms with Gasteiger partial charge >= 0.3 is 0 Å². The van der Waals surface area contributed by atoms with E-state index in [4.69, 9.17) is 0 Å². The highest BCUT2D eigenvalue weighted by molar-refractivity contribution is 5.97. The first-order valence-electron chi connectivity index (χ1n) is 8.10. The number of nitrogens with one attached hydrogen (secondary N) is 1. The van der Waals surface area contributed by atoms with E-state index < -0.39 is 5.92 Å². The van der Waals surface area contributed by atoms with Gasteiger partial charge in [0.15, 0.2) is 0 Å². The van der Waals surface area contributed by atoms with Crippen LogP contribution in [0.1, 0.15) is 12.0 Å². The first kappa shape index (κ1) is 17.1. The van der Waals surface area contributed by atoms with Gasteiger partial charge in [-0.1, -0.05) is 12.1 Å². The van der Waals surface area contributed by atoms with E-state index in [1.807, 2.05) is 0 Å². The van der Waals surface area contributed by atoms with Crippen molar-refractivity contribution in [2.24, 2.45) is 5.92 Å². The Balaban J connectivity index is 1.53. The second-order valence-corrected chi connectivity index (χ2v) is 6.11. The van der Waals surface area contributed by atoms with Gasteiger partial charge in [-0.3, -0.25) is 9.59 Å². The van der Waals surface area contributed by atoms with Crippen LogP contribution in [0.25, 0.3) is 0 Å². The first-order chi connectivity index (χ1) is 12.0. The quantitative estimate of drug-likeness (QED) is 0.906. The van der Waals surface area contributed by atoms with E-state index in [2.05, 4.69) is 5.32 Å². The van der Waals surface area contributed by atoms with E-state index in [0.717, 1.165) is 5.56 Å². The summed E-state index contributed by atoms with van der Waals surface area (Å²) in [4.78, 5) is 26.0. The van der Waals surface area contributed by atoms with Crippen molar-refractivity contribution in [3.63, 3.8) is 0 Å². The zero-order valence-electron chi connectivity index (χ0n) is 13.5. The first-order valence-corrected chi connectivity index (χ1v) is 8.10. The lowest BCUT2D eigenvalue weighted by Crippen LogP contribution is -2.30. The van der Waals surface area contributed by atoms with Gasteiger partial charge < -0.3 is 10.2 Å². The fraction of sp³-hybridized carbons (Fsp3) is 0.263. The zero-order chi connectivity index (χ0) is 17.8. The molecule has 1 N–H and O–H groups in total. The highest BCUT2D eigenvalue weighted by Crippen LogP contribution is 2.20. The summed E-state index contributed by atoms with van der Waals surface area (Å²) in [6.45, 7) is 0.845. The predicted octanol–water partition coefficient (Wildman–Crippen LogP) is 2.99. The summed E-state index contributed by atoms with van der Waals surface area (Å²) in [5, 5.41) is 2.71. The van der Waals surface area contributed by atoms with Crippen LogP contribution in [0.4, 0.5) is 14.5 Å². The number of amides is 2. The van der Waals surface area contributed by atoms with Gasteiger partial charge in [-0.2, -0.15) is 0 Å². The maximum Gasteiger partial charge on any atom is 0.229 e. The third-order valence-electron chi connectivity index (χ3n) is 4.28. The molecule has 25 heavy (non-hydrogen) atoms. The molecule has 0 radical (unpaired) electrons. The lowest BCUT2D eigenvalue weighted by atomic mass is 10.1. The minimum absolute atomic E-state index is 0.0682. The van der Waals surface area contributed by atoms with Crippen LogP contribution < -0.4 is 5.32 Å². The number of hydrogen-bond acceptors (Lipinski definition) is 2. The monoisotopic (exact) mass is 344 g/mol. The molecule has 0 unspecified atom stereocenters. The number of benzene rings is 2. The molecule has 0 aromatic heterocycles. The summed E-state index contributed by atoms with van der Waals surface area (Å²) in [5.41, 5.74) is 1.44. The average Bonchev–Trinajstić information content (AvgIpc) is 2.97. The number of carbonyl (C=O) groups excluding carboxylic acids is 2. The van der Waals surface area contributed by atoms with Crippen molar-refractivity contribution in [3.05, 3.63) is 65.7 Å². The molecule has 0 saturated carbocycles. The Bertz CT molecular complexity index is 760. The number of nitrogens with zero attached hydrogens (tertiary/aromatic N) is 1. The van der Waals surface area contributed by atoms with Gasteiger partial charge in [0.05, 0.1) is 5.92 Å². The molecule has 2 amide bonds. The Kier molecular flexibility index (Phi) is 5.07. The maximum absolute atomic E-state index is 12.9. The number of hydrogen-bond donors (Lipinski definition) is 1. The Morgan fingerprint density at radius 1 is 1.04 bits per heavy atom. The van der Waals surface area contributed by atoms with E-state index in [1.54, 1.807) is 17.0 Å². The minimum Gasteiger partial charge on any atom is -0.342 e. The fourth-order valence-electron chi connectivity index (χ4n) is 2.86. The Morgan fingerprint density at radius 2 is 1.64 bits per heavy atom. The van der Waals surface area contributed by atoms with Crippen LogP contribution in [0.15, 0.2) is 48.5 Å². The summed E-state index contributed by atoms with van der Waals surface area (Å²) in [6.07, 6.45) is 0.773. The van der Waals surface area contributed by atoms with E-state index >= 15 is 0 Å². The number of anilines is 1. The van der Waals surface area contributed by atoms with Gasteiger partial charge in [0.1, 0.15) is 11.6 Å². The smallest absolute Gasteiger partial charge is 0.229 e. The summed E-state index contributed by atoms with van der Waals surface area (Å²) in [7, 11) is 0. The zero-order valence-corrected chi connectivity index (χ0v) is 13.5. The molecule has 1 atom stereocenters. The van der Waals surface area contributed by atoms with Crippen molar-refractivity contribution in [3.8, 4) is 0 Å². The van der Waals surface area contributed by atoms with Crippen LogP contribution in [-0.2, 0) is 16.0 Å². The van der Waals surface area contributed by atoms with Crippen LogP contribution >= 0.6 is 0 Å². The Hall–Kier alpha value is -2.76. The molecular weight excluding hydrogens is 326 g/mol. The van der Waals surface area contributed by atoms with Gasteiger partial charge in [-0.25, -0.2) is 8.78 Å². The molecule has 130 valence electrons. The molecular formula is C19H18F2N2O2. The second-order valence-electron chi connectivity index (χ2n) is 6.11. The summed E-state index contributed by atoms with van der Waals surface area (Å²) in [6, 6.07) is 11.7. The SMILES string of the molecule is O=C(Nc1ccc(F)cc1)[C@@H]1CC(=O)N(CCc2ccc(F)cc2)C1. The molecule has 1 fully saturated rings. The molecule has 1 saturated heterocycles. The molecule has 0 aliphatic carbocycles. The van der Waals surface area contributed by atoms with E-state index in [9.17, 15) is 18.4 Å². The van der Waals surface area contributed by atoms with Crippen molar-refractivity contribution in [2.45, 2.75) is 12.8 Å². The molecule has 0 spiro atoms. The van der Waals surface area contributed by atoms with Crippen molar-refractivity contribution < 1.29 is 18.4 Å². The highest BCUT2D eigenvalue weighted by atomic mass is 19.1. The Morgan fingerprint density at radius 3 is 2.28 bits per heavy atom. The van der Waals surface area contributed by atoms with Gasteiger partial charge in [-0.05, 0) is 48.4 Å². The molecule has 3 rings (SSSR count). The summed E-state index contributed by atoms with van der Waals surface area (Å²) >= 11 is 0. The molecule has 1 aliphatic heterocycles. The van der Waals surface area contributed by atoms with Crippen LogP contribution in [0.5, 0.6) is 0 Å². The molecule has 0 bridgehead atoms. The maximum atomic E-state index is 12.9. The largest absolute Gasteiger partial charge is 0.342 e. The van der Waals surface area contributed by atoms with E-state index in [-0.39, 0.29) is 29.9 Å². The number of carbonyl (C=O) groups is 2. The predicted molar refractivity (Wildman–Crippen MR) is 89.8 cm³/mol. The van der Waals surface area contributed by atoms with Gasteiger partial charge in [0, 0.05) is 25.2 Å². The fourth-order valence-corrected chi connectivity index (χ4v) is 2.86. The molecule has 2 aromatic rings. The second kappa shape index (κ2) is 7.42. The lowest BCUT2D eigenvalue weighted by Gasteiger charge is -2.16. The van der Waals surface area contributed by atoms with E-state index in [0.29, 0.717) is 25.2 Å². The molecule has 1 aliphatic rings. The highest BCUT2D eigenvalue weighted by Gasteiger charge is 2.33. The van der Waals surface area contributed by atoms with Crippen LogP contribution in [-0.4, -0.2) is 29.8 Å². The average molecular weight is 344 g/mol. The number of halogens is 2. The number of rotatable bonds is 5. The standard InChI is InChI=1S/C19H18F2N2O2/c20-15-3-1-13(2-4-15)9-10-23-12-14(11-18(23)24)19(25)22-17-7-5-16(21)6-8-17/h1-8,14H,9-12H2,(H,22,25)/t14-/m1/s1. The van der Waals surface area contributed by atoms with Crippen molar-refractivity contribution in [2.75, 3.05) is 18.4 Å². The van der Waals surface area contributed by atoms with Crippen LogP contribution in [0.2, 0.25) is 0 Å². The van der Waals surface area contributed by atoms with Crippen molar-refractivity contribution >= 4 is 17.5 Å². The van der Waals surface area contributed by atoms with Crippen molar-refractivity contribution in [1.82, 2.24) is 4.90 Å². The third-order valence-corrected chi connectivity index (χ3v) is 4.28.